The van der Waals surface area contributed by atoms with Crippen LogP contribution in [0, 0.1) is 18.7 Å². The molecule has 0 atom stereocenters. The van der Waals surface area contributed by atoms with Crippen LogP contribution in [0.4, 0.5) is 10.1 Å². The van der Waals surface area contributed by atoms with Crippen LogP contribution in [-0.4, -0.2) is 35.7 Å². The highest BCUT2D eigenvalue weighted by Crippen LogP contribution is 2.23. The van der Waals surface area contributed by atoms with Crippen LogP contribution in [-0.2, 0) is 11.3 Å². The molecule has 0 aromatic heterocycles. The summed E-state index contributed by atoms with van der Waals surface area (Å²) in [4.78, 5) is 40.0. The minimum Gasteiger partial charge on any atom is -0.348 e. The summed E-state index contributed by atoms with van der Waals surface area (Å²) in [5.74, 6) is -1.42. The van der Waals surface area contributed by atoms with Crippen molar-refractivity contribution in [3.63, 3.8) is 0 Å². The molecule has 1 aliphatic heterocycles. The van der Waals surface area contributed by atoms with Gasteiger partial charge in [0.1, 0.15) is 5.82 Å². The molecule has 3 aromatic carbocycles. The zero-order chi connectivity index (χ0) is 24.8. The summed E-state index contributed by atoms with van der Waals surface area (Å²) < 4.78 is 13.5. The fraction of sp³-hybridized carbons (Fsp3) is 0.250. The van der Waals surface area contributed by atoms with Crippen LogP contribution in [0.15, 0.2) is 72.8 Å². The highest BCUT2D eigenvalue weighted by atomic mass is 19.1. The fourth-order valence-corrected chi connectivity index (χ4v) is 4.16. The number of anilines is 1. The molecule has 180 valence electrons. The Morgan fingerprint density at radius 1 is 0.943 bits per heavy atom. The van der Waals surface area contributed by atoms with Gasteiger partial charge in [-0.25, -0.2) is 4.39 Å². The molecular formula is C28H28FN3O3. The van der Waals surface area contributed by atoms with E-state index >= 15 is 0 Å². The van der Waals surface area contributed by atoms with E-state index in [9.17, 15) is 18.8 Å². The van der Waals surface area contributed by atoms with Crippen molar-refractivity contribution in [3.05, 3.63) is 101 Å². The molecule has 6 nitrogen and oxygen atoms in total. The Labute approximate surface area is 204 Å². The maximum absolute atomic E-state index is 13.5. The SMILES string of the molecule is Cc1ccc(CNC(=O)c2ccccc2NC(=O)C2CCN(C(=O)c3cccc(F)c3)CC2)cc1. The number of nitrogens with zero attached hydrogens (tertiary/aromatic N) is 1. The number of likely N-dealkylation sites (tertiary alicyclic amines) is 1. The summed E-state index contributed by atoms with van der Waals surface area (Å²) in [6.45, 7) is 3.21. The Kier molecular flexibility index (Phi) is 7.55. The van der Waals surface area contributed by atoms with Crippen molar-refractivity contribution in [2.45, 2.75) is 26.3 Å². The van der Waals surface area contributed by atoms with Crippen LogP contribution in [0.2, 0.25) is 0 Å². The number of hydrogen-bond acceptors (Lipinski definition) is 3. The first-order valence-electron chi connectivity index (χ1n) is 11.7. The highest BCUT2D eigenvalue weighted by Gasteiger charge is 2.28. The van der Waals surface area contributed by atoms with Crippen molar-refractivity contribution in [3.8, 4) is 0 Å². The third-order valence-corrected chi connectivity index (χ3v) is 6.23. The van der Waals surface area contributed by atoms with E-state index in [1.54, 1.807) is 35.2 Å². The second kappa shape index (κ2) is 11.0. The topological polar surface area (TPSA) is 78.5 Å². The van der Waals surface area contributed by atoms with Crippen LogP contribution < -0.4 is 10.6 Å². The van der Waals surface area contributed by atoms with Crippen LogP contribution in [0.5, 0.6) is 0 Å². The fourth-order valence-electron chi connectivity index (χ4n) is 4.16. The molecule has 4 rings (SSSR count). The minimum atomic E-state index is -0.452. The molecular weight excluding hydrogens is 445 g/mol. The van der Waals surface area contributed by atoms with Crippen LogP contribution in [0.1, 0.15) is 44.7 Å². The molecule has 0 radical (unpaired) electrons. The quantitative estimate of drug-likeness (QED) is 0.551. The maximum atomic E-state index is 13.5. The second-order valence-electron chi connectivity index (χ2n) is 8.78. The lowest BCUT2D eigenvalue weighted by Crippen LogP contribution is -2.41. The lowest BCUT2D eigenvalue weighted by Gasteiger charge is -2.31. The number of carbonyl (C=O) groups is 3. The second-order valence-corrected chi connectivity index (χ2v) is 8.78. The summed E-state index contributed by atoms with van der Waals surface area (Å²) in [7, 11) is 0. The van der Waals surface area contributed by atoms with E-state index in [1.807, 2.05) is 31.2 Å². The number of piperidine rings is 1. The number of halogens is 1. The number of amides is 3. The van der Waals surface area contributed by atoms with E-state index in [4.69, 9.17) is 0 Å². The van der Waals surface area contributed by atoms with Gasteiger partial charge in [0.05, 0.1) is 11.3 Å². The van der Waals surface area contributed by atoms with Crippen molar-refractivity contribution in [1.82, 2.24) is 10.2 Å². The number of para-hydroxylation sites is 1. The van der Waals surface area contributed by atoms with Gasteiger partial charge in [-0.15, -0.1) is 0 Å². The smallest absolute Gasteiger partial charge is 0.253 e. The molecule has 1 fully saturated rings. The summed E-state index contributed by atoms with van der Waals surface area (Å²) in [6.07, 6.45) is 0.989. The highest BCUT2D eigenvalue weighted by molar-refractivity contribution is 6.04. The van der Waals surface area contributed by atoms with E-state index in [2.05, 4.69) is 10.6 Å². The van der Waals surface area contributed by atoms with Crippen LogP contribution >= 0.6 is 0 Å². The van der Waals surface area contributed by atoms with Gasteiger partial charge in [-0.05, 0) is 55.7 Å². The Morgan fingerprint density at radius 3 is 2.37 bits per heavy atom. The first kappa shape index (κ1) is 24.1. The average molecular weight is 474 g/mol. The van der Waals surface area contributed by atoms with Gasteiger partial charge in [0.25, 0.3) is 11.8 Å². The summed E-state index contributed by atoms with van der Waals surface area (Å²) in [6, 6.07) is 20.5. The molecule has 2 N–H and O–H groups in total. The van der Waals surface area contributed by atoms with Crippen molar-refractivity contribution in [2.75, 3.05) is 18.4 Å². The Morgan fingerprint density at radius 2 is 1.66 bits per heavy atom. The average Bonchev–Trinajstić information content (AvgIpc) is 2.88. The number of nitrogens with one attached hydrogen (secondary N) is 2. The predicted molar refractivity (Wildman–Crippen MR) is 132 cm³/mol. The van der Waals surface area contributed by atoms with Gasteiger partial charge in [0.15, 0.2) is 0 Å². The zero-order valence-corrected chi connectivity index (χ0v) is 19.6. The molecule has 0 bridgehead atoms. The summed E-state index contributed by atoms with van der Waals surface area (Å²) in [5.41, 5.74) is 3.30. The van der Waals surface area contributed by atoms with Gasteiger partial charge in [0.2, 0.25) is 5.91 Å². The first-order chi connectivity index (χ1) is 16.9. The number of carbonyl (C=O) groups excluding carboxylic acids is 3. The van der Waals surface area contributed by atoms with Crippen LogP contribution in [0.25, 0.3) is 0 Å². The van der Waals surface area contributed by atoms with E-state index in [0.717, 1.165) is 11.1 Å². The largest absolute Gasteiger partial charge is 0.348 e. The molecule has 35 heavy (non-hydrogen) atoms. The van der Waals surface area contributed by atoms with Crippen LogP contribution in [0.3, 0.4) is 0 Å². The van der Waals surface area contributed by atoms with Crippen molar-refractivity contribution < 1.29 is 18.8 Å². The minimum absolute atomic E-state index is 0.179. The third-order valence-electron chi connectivity index (χ3n) is 6.23. The number of benzene rings is 3. The standard InChI is InChI=1S/C28H28FN3O3/c1-19-9-11-20(12-10-19)18-30-27(34)24-7-2-3-8-25(24)31-26(33)21-13-15-32(16-14-21)28(35)22-5-4-6-23(29)17-22/h2-12,17,21H,13-16,18H2,1H3,(H,30,34)(H,31,33). The number of hydrogen-bond donors (Lipinski definition) is 2. The Bertz CT molecular complexity index is 1220. The van der Waals surface area contributed by atoms with Crippen molar-refractivity contribution in [1.29, 1.82) is 0 Å². The summed E-state index contributed by atoms with van der Waals surface area (Å²) >= 11 is 0. The monoisotopic (exact) mass is 473 g/mol. The van der Waals surface area contributed by atoms with E-state index in [0.29, 0.717) is 49.3 Å². The number of aryl methyl sites for hydroxylation is 1. The van der Waals surface area contributed by atoms with Gasteiger partial charge in [-0.2, -0.15) is 0 Å². The molecule has 0 aliphatic carbocycles. The zero-order valence-electron chi connectivity index (χ0n) is 19.6. The van der Waals surface area contributed by atoms with Gasteiger partial charge in [-0.3, -0.25) is 14.4 Å². The lowest BCUT2D eigenvalue weighted by molar-refractivity contribution is -0.121. The molecule has 3 amide bonds. The molecule has 0 spiro atoms. The van der Waals surface area contributed by atoms with Gasteiger partial charge >= 0.3 is 0 Å². The molecule has 3 aromatic rings. The third kappa shape index (κ3) is 6.12. The molecule has 1 heterocycles. The normalized spacial score (nSPS) is 13.8. The molecule has 0 unspecified atom stereocenters. The lowest BCUT2D eigenvalue weighted by atomic mass is 9.95. The number of rotatable bonds is 6. The first-order valence-corrected chi connectivity index (χ1v) is 11.7. The van der Waals surface area contributed by atoms with E-state index in [-0.39, 0.29) is 23.6 Å². The van der Waals surface area contributed by atoms with Gasteiger partial charge in [-0.1, -0.05) is 48.0 Å². The van der Waals surface area contributed by atoms with Gasteiger partial charge in [0, 0.05) is 31.1 Å². The molecule has 7 heteroatoms. The summed E-state index contributed by atoms with van der Waals surface area (Å²) in [5, 5.41) is 5.80. The van der Waals surface area contributed by atoms with Gasteiger partial charge < -0.3 is 15.5 Å². The molecule has 1 saturated heterocycles. The van der Waals surface area contributed by atoms with Crippen molar-refractivity contribution in [2.24, 2.45) is 5.92 Å². The van der Waals surface area contributed by atoms with E-state index in [1.165, 1.54) is 18.2 Å². The Hall–Kier alpha value is -4.00. The molecule has 1 aliphatic rings. The van der Waals surface area contributed by atoms with Crippen molar-refractivity contribution >= 4 is 23.4 Å². The molecule has 0 saturated carbocycles. The predicted octanol–water partition coefficient (Wildman–Crippen LogP) is 4.56. The van der Waals surface area contributed by atoms with E-state index < -0.39 is 5.82 Å². The maximum Gasteiger partial charge on any atom is 0.253 e. The Balaban J connectivity index is 1.33.